The first-order chi connectivity index (χ1) is 8.79. The van der Waals surface area contributed by atoms with E-state index in [0.29, 0.717) is 5.92 Å². The van der Waals surface area contributed by atoms with Gasteiger partial charge >= 0.3 is 6.03 Å². The fourth-order valence-electron chi connectivity index (χ4n) is 2.98. The fourth-order valence-corrected chi connectivity index (χ4v) is 2.98. The van der Waals surface area contributed by atoms with E-state index >= 15 is 0 Å². The van der Waals surface area contributed by atoms with Crippen molar-refractivity contribution in [3.63, 3.8) is 0 Å². The van der Waals surface area contributed by atoms with E-state index in [1.165, 1.54) is 38.6 Å². The van der Waals surface area contributed by atoms with Crippen LogP contribution in [0.4, 0.5) is 4.79 Å². The summed E-state index contributed by atoms with van der Waals surface area (Å²) in [6.45, 7) is 8.42. The molecule has 0 spiro atoms. The molecule has 0 bridgehead atoms. The highest BCUT2D eigenvalue weighted by Gasteiger charge is 2.22. The average molecular weight is 253 g/mol. The standard InChI is InChI=1S/C14H27N3O/c1-2-16-10-7-13(12-16)11-15-14(18)17-8-5-3-4-6-9-17/h13H,2-12H2,1H3,(H,15,18). The molecule has 4 nitrogen and oxygen atoms in total. The Bertz CT molecular complexity index is 262. The summed E-state index contributed by atoms with van der Waals surface area (Å²) in [6, 6.07) is 0.159. The van der Waals surface area contributed by atoms with Gasteiger partial charge in [0.15, 0.2) is 0 Å². The predicted molar refractivity (Wildman–Crippen MR) is 73.7 cm³/mol. The summed E-state index contributed by atoms with van der Waals surface area (Å²) < 4.78 is 0. The maximum Gasteiger partial charge on any atom is 0.317 e. The largest absolute Gasteiger partial charge is 0.338 e. The number of hydrogen-bond donors (Lipinski definition) is 1. The van der Waals surface area contributed by atoms with E-state index in [0.717, 1.165) is 32.7 Å². The zero-order valence-electron chi connectivity index (χ0n) is 11.7. The van der Waals surface area contributed by atoms with Crippen LogP contribution in [0.5, 0.6) is 0 Å². The first-order valence-electron chi connectivity index (χ1n) is 7.54. The molecular formula is C14H27N3O. The number of nitrogens with one attached hydrogen (secondary N) is 1. The molecule has 2 amide bonds. The lowest BCUT2D eigenvalue weighted by molar-refractivity contribution is 0.198. The molecule has 2 rings (SSSR count). The molecule has 0 aromatic carbocycles. The average Bonchev–Trinajstić information content (AvgIpc) is 2.68. The Hall–Kier alpha value is -0.770. The highest BCUT2D eigenvalue weighted by molar-refractivity contribution is 5.74. The van der Waals surface area contributed by atoms with E-state index < -0.39 is 0 Å². The molecular weight excluding hydrogens is 226 g/mol. The molecule has 2 fully saturated rings. The molecule has 0 saturated carbocycles. The number of carbonyl (C=O) groups is 1. The van der Waals surface area contributed by atoms with Crippen LogP contribution in [0.3, 0.4) is 0 Å². The molecule has 104 valence electrons. The molecule has 2 aliphatic rings. The molecule has 0 aromatic heterocycles. The smallest absolute Gasteiger partial charge is 0.317 e. The van der Waals surface area contributed by atoms with Crippen LogP contribution in [0.2, 0.25) is 0 Å². The lowest BCUT2D eigenvalue weighted by Gasteiger charge is -2.22. The molecule has 4 heteroatoms. The van der Waals surface area contributed by atoms with Gasteiger partial charge in [-0.25, -0.2) is 4.79 Å². The summed E-state index contributed by atoms with van der Waals surface area (Å²) in [4.78, 5) is 16.5. The van der Waals surface area contributed by atoms with Gasteiger partial charge in [0.1, 0.15) is 0 Å². The van der Waals surface area contributed by atoms with Crippen LogP contribution in [-0.4, -0.2) is 55.1 Å². The first kappa shape index (κ1) is 13.7. The van der Waals surface area contributed by atoms with Gasteiger partial charge in [-0.3, -0.25) is 0 Å². The second-order valence-corrected chi connectivity index (χ2v) is 5.64. The van der Waals surface area contributed by atoms with E-state index in [1.54, 1.807) is 0 Å². The van der Waals surface area contributed by atoms with Gasteiger partial charge in [0.25, 0.3) is 0 Å². The minimum Gasteiger partial charge on any atom is -0.338 e. The van der Waals surface area contributed by atoms with Crippen LogP contribution in [0.1, 0.15) is 39.0 Å². The van der Waals surface area contributed by atoms with Gasteiger partial charge in [0.2, 0.25) is 0 Å². The molecule has 1 atom stereocenters. The number of likely N-dealkylation sites (tertiary alicyclic amines) is 2. The van der Waals surface area contributed by atoms with Gasteiger partial charge in [-0.2, -0.15) is 0 Å². The molecule has 1 N–H and O–H groups in total. The van der Waals surface area contributed by atoms with E-state index in [-0.39, 0.29) is 6.03 Å². The number of urea groups is 1. The summed E-state index contributed by atoms with van der Waals surface area (Å²) in [6.07, 6.45) is 6.12. The van der Waals surface area contributed by atoms with E-state index in [9.17, 15) is 4.79 Å². The Labute approximate surface area is 111 Å². The number of amides is 2. The summed E-state index contributed by atoms with van der Waals surface area (Å²) in [5, 5.41) is 3.13. The van der Waals surface area contributed by atoms with Gasteiger partial charge in [-0.1, -0.05) is 19.8 Å². The van der Waals surface area contributed by atoms with Crippen molar-refractivity contribution in [2.75, 3.05) is 39.3 Å². The molecule has 0 aromatic rings. The topological polar surface area (TPSA) is 35.6 Å². The van der Waals surface area contributed by atoms with Crippen LogP contribution in [0.25, 0.3) is 0 Å². The Morgan fingerprint density at radius 2 is 1.89 bits per heavy atom. The summed E-state index contributed by atoms with van der Waals surface area (Å²) >= 11 is 0. The molecule has 2 heterocycles. The molecule has 2 aliphatic heterocycles. The maximum absolute atomic E-state index is 12.1. The zero-order chi connectivity index (χ0) is 12.8. The molecule has 0 radical (unpaired) electrons. The van der Waals surface area contributed by atoms with Crippen LogP contribution >= 0.6 is 0 Å². The summed E-state index contributed by atoms with van der Waals surface area (Å²) in [5.74, 6) is 0.654. The van der Waals surface area contributed by atoms with Crippen molar-refractivity contribution in [1.82, 2.24) is 15.1 Å². The Morgan fingerprint density at radius 3 is 2.50 bits per heavy atom. The second kappa shape index (κ2) is 6.98. The van der Waals surface area contributed by atoms with Crippen LogP contribution in [0, 0.1) is 5.92 Å². The molecule has 0 aliphatic carbocycles. The van der Waals surface area contributed by atoms with Gasteiger partial charge in [0.05, 0.1) is 0 Å². The van der Waals surface area contributed by atoms with Gasteiger partial charge in [-0.15, -0.1) is 0 Å². The third-order valence-electron chi connectivity index (χ3n) is 4.25. The first-order valence-corrected chi connectivity index (χ1v) is 7.54. The number of rotatable bonds is 3. The third kappa shape index (κ3) is 3.87. The van der Waals surface area contributed by atoms with Crippen molar-refractivity contribution in [2.24, 2.45) is 5.92 Å². The Morgan fingerprint density at radius 1 is 1.17 bits per heavy atom. The zero-order valence-corrected chi connectivity index (χ0v) is 11.7. The third-order valence-corrected chi connectivity index (χ3v) is 4.25. The van der Waals surface area contributed by atoms with Crippen LogP contribution < -0.4 is 5.32 Å². The molecule has 18 heavy (non-hydrogen) atoms. The predicted octanol–water partition coefficient (Wildman–Crippen LogP) is 1.91. The van der Waals surface area contributed by atoms with Gasteiger partial charge in [0, 0.05) is 26.2 Å². The van der Waals surface area contributed by atoms with E-state index in [2.05, 4.69) is 17.1 Å². The van der Waals surface area contributed by atoms with Crippen molar-refractivity contribution in [1.29, 1.82) is 0 Å². The Balaban J connectivity index is 1.68. The quantitative estimate of drug-likeness (QED) is 0.834. The number of hydrogen-bond acceptors (Lipinski definition) is 2. The minimum absolute atomic E-state index is 0.159. The second-order valence-electron chi connectivity index (χ2n) is 5.64. The van der Waals surface area contributed by atoms with Crippen molar-refractivity contribution in [3.8, 4) is 0 Å². The summed E-state index contributed by atoms with van der Waals surface area (Å²) in [7, 11) is 0. The van der Waals surface area contributed by atoms with Crippen molar-refractivity contribution in [3.05, 3.63) is 0 Å². The highest BCUT2D eigenvalue weighted by atomic mass is 16.2. The van der Waals surface area contributed by atoms with Crippen LogP contribution in [0.15, 0.2) is 0 Å². The SMILES string of the molecule is CCN1CCC(CNC(=O)N2CCCCCC2)C1. The number of carbonyl (C=O) groups excluding carboxylic acids is 1. The van der Waals surface area contributed by atoms with E-state index in [1.807, 2.05) is 4.90 Å². The highest BCUT2D eigenvalue weighted by Crippen LogP contribution is 2.15. The van der Waals surface area contributed by atoms with Crippen molar-refractivity contribution < 1.29 is 4.79 Å². The van der Waals surface area contributed by atoms with Gasteiger partial charge < -0.3 is 15.1 Å². The molecule has 1 unspecified atom stereocenters. The number of nitrogens with zero attached hydrogens (tertiary/aromatic N) is 2. The maximum atomic E-state index is 12.1. The van der Waals surface area contributed by atoms with Crippen LogP contribution in [-0.2, 0) is 0 Å². The lowest BCUT2D eigenvalue weighted by atomic mass is 10.1. The summed E-state index contributed by atoms with van der Waals surface area (Å²) in [5.41, 5.74) is 0. The fraction of sp³-hybridized carbons (Fsp3) is 0.929. The van der Waals surface area contributed by atoms with Crippen molar-refractivity contribution in [2.45, 2.75) is 39.0 Å². The minimum atomic E-state index is 0.159. The normalized spacial score (nSPS) is 26.1. The van der Waals surface area contributed by atoms with E-state index in [4.69, 9.17) is 0 Å². The molecule has 2 saturated heterocycles. The Kier molecular flexibility index (Phi) is 5.29. The van der Waals surface area contributed by atoms with Gasteiger partial charge in [-0.05, 0) is 38.3 Å². The lowest BCUT2D eigenvalue weighted by Crippen LogP contribution is -2.42. The van der Waals surface area contributed by atoms with Crippen molar-refractivity contribution >= 4 is 6.03 Å². The monoisotopic (exact) mass is 253 g/mol.